The van der Waals surface area contributed by atoms with Gasteiger partial charge in [-0.15, -0.1) is 0 Å². The molecule has 2 aliphatic heterocycles. The molecule has 0 aromatic heterocycles. The maximum atomic E-state index is 12.5. The molecule has 3 rings (SSSR count). The number of esters is 2. The van der Waals surface area contributed by atoms with Crippen LogP contribution in [0.3, 0.4) is 0 Å². The van der Waals surface area contributed by atoms with E-state index in [0.717, 1.165) is 11.8 Å². The van der Waals surface area contributed by atoms with E-state index >= 15 is 0 Å². The molecule has 2 aliphatic rings. The minimum Gasteiger partial charge on any atom is -0.462 e. The number of benzene rings is 1. The Morgan fingerprint density at radius 2 is 1.87 bits per heavy atom. The molecule has 0 amide bonds. The number of hydrogen-bond acceptors (Lipinski definition) is 11. The number of carbonyl (C=O) groups excluding carboxylic acids is 2. The highest BCUT2D eigenvalue weighted by Gasteiger charge is 2.56. The summed E-state index contributed by atoms with van der Waals surface area (Å²) in [5.41, 5.74) is 0.920. The van der Waals surface area contributed by atoms with Crippen LogP contribution in [0.5, 0.6) is 0 Å². The molecule has 1 spiro atoms. The van der Waals surface area contributed by atoms with E-state index < -0.39 is 21.2 Å². The highest BCUT2D eigenvalue weighted by molar-refractivity contribution is 8.28. The highest BCUT2D eigenvalue weighted by Crippen LogP contribution is 2.58. The van der Waals surface area contributed by atoms with Crippen LogP contribution in [0.1, 0.15) is 20.8 Å². The van der Waals surface area contributed by atoms with Gasteiger partial charge in [0.1, 0.15) is 4.91 Å². The molecular weight excluding hydrogens is 432 g/mol. The van der Waals surface area contributed by atoms with Gasteiger partial charge in [-0.05, 0) is 38.6 Å². The van der Waals surface area contributed by atoms with Crippen LogP contribution in [0, 0.1) is 10.1 Å². The van der Waals surface area contributed by atoms with Gasteiger partial charge in [0, 0.05) is 24.9 Å². The van der Waals surface area contributed by atoms with Gasteiger partial charge in [-0.1, -0.05) is 17.8 Å². The summed E-state index contributed by atoms with van der Waals surface area (Å²) in [7, 11) is 1.76. The molecule has 0 bridgehead atoms. The Morgan fingerprint density at radius 1 is 1.20 bits per heavy atom. The van der Waals surface area contributed by atoms with E-state index in [9.17, 15) is 19.7 Å². The standard InChI is InChI=1S/C18H20N4O6S2/c1-5-27-16(23)14-11(3)20(4)18(29-14)21(19-15(30-18)17(24)28-6-2)12-8-7-9-13(10-12)22(25)26/h7-10H,5-6H2,1-4H3/t18-/m1/s1. The summed E-state index contributed by atoms with van der Waals surface area (Å²) in [4.78, 5) is 37.8. The zero-order chi connectivity index (χ0) is 22.1. The van der Waals surface area contributed by atoms with E-state index in [0.29, 0.717) is 16.3 Å². The Kier molecular flexibility index (Phi) is 6.27. The Hall–Kier alpha value is -2.73. The molecule has 1 aromatic rings. The molecule has 0 unspecified atom stereocenters. The number of anilines is 1. The number of thioether (sulfide) groups is 2. The maximum absolute atomic E-state index is 12.5. The van der Waals surface area contributed by atoms with E-state index in [1.54, 1.807) is 38.8 Å². The monoisotopic (exact) mass is 452 g/mol. The third kappa shape index (κ3) is 3.72. The van der Waals surface area contributed by atoms with Crippen LogP contribution < -0.4 is 5.01 Å². The van der Waals surface area contributed by atoms with Crippen molar-refractivity contribution in [1.82, 2.24) is 4.90 Å². The van der Waals surface area contributed by atoms with E-state index in [-0.39, 0.29) is 23.9 Å². The van der Waals surface area contributed by atoms with Crippen LogP contribution in [0.4, 0.5) is 11.4 Å². The van der Waals surface area contributed by atoms with Crippen molar-refractivity contribution in [3.8, 4) is 0 Å². The van der Waals surface area contributed by atoms with Crippen molar-refractivity contribution in [2.24, 2.45) is 5.10 Å². The van der Waals surface area contributed by atoms with Gasteiger partial charge in [0.2, 0.25) is 9.37 Å². The van der Waals surface area contributed by atoms with Crippen LogP contribution in [0.25, 0.3) is 0 Å². The third-order valence-electron chi connectivity index (χ3n) is 4.37. The van der Waals surface area contributed by atoms with Gasteiger partial charge in [0.25, 0.3) is 5.69 Å². The lowest BCUT2D eigenvalue weighted by molar-refractivity contribution is -0.384. The second-order valence-corrected chi connectivity index (χ2v) is 8.76. The molecule has 160 valence electrons. The van der Waals surface area contributed by atoms with Crippen LogP contribution in [-0.2, 0) is 19.1 Å². The summed E-state index contributed by atoms with van der Waals surface area (Å²) in [6, 6.07) is 5.93. The van der Waals surface area contributed by atoms with Gasteiger partial charge in [-0.2, -0.15) is 5.10 Å². The number of non-ortho nitro benzene ring substituents is 1. The Bertz CT molecular complexity index is 966. The molecular formula is C18H20N4O6S2. The lowest BCUT2D eigenvalue weighted by Gasteiger charge is -2.38. The Labute approximate surface area is 181 Å². The molecule has 10 nitrogen and oxygen atoms in total. The minimum atomic E-state index is -1.08. The van der Waals surface area contributed by atoms with E-state index in [1.165, 1.54) is 35.0 Å². The molecule has 30 heavy (non-hydrogen) atoms. The van der Waals surface area contributed by atoms with Crippen molar-refractivity contribution in [2.45, 2.75) is 25.1 Å². The van der Waals surface area contributed by atoms with Crippen LogP contribution >= 0.6 is 23.5 Å². The summed E-state index contributed by atoms with van der Waals surface area (Å²) < 4.78 is 9.17. The first-order valence-corrected chi connectivity index (χ1v) is 10.7. The fraction of sp³-hybridized carbons (Fsp3) is 0.389. The molecule has 0 saturated heterocycles. The zero-order valence-electron chi connectivity index (χ0n) is 16.8. The van der Waals surface area contributed by atoms with Gasteiger partial charge < -0.3 is 14.4 Å². The summed E-state index contributed by atoms with van der Waals surface area (Å²) in [5, 5.41) is 17.2. The Balaban J connectivity index is 2.07. The van der Waals surface area contributed by atoms with Gasteiger partial charge in [-0.25, -0.2) is 14.6 Å². The second kappa shape index (κ2) is 8.56. The first kappa shape index (κ1) is 22.0. The molecule has 0 N–H and O–H groups in total. The average Bonchev–Trinajstić information content (AvgIpc) is 3.23. The smallest absolute Gasteiger partial charge is 0.365 e. The summed E-state index contributed by atoms with van der Waals surface area (Å²) >= 11 is 2.28. The first-order chi connectivity index (χ1) is 14.2. The molecule has 0 aliphatic carbocycles. The predicted molar refractivity (Wildman–Crippen MR) is 115 cm³/mol. The minimum absolute atomic E-state index is 0.0839. The molecule has 0 radical (unpaired) electrons. The largest absolute Gasteiger partial charge is 0.462 e. The average molecular weight is 453 g/mol. The predicted octanol–water partition coefficient (Wildman–Crippen LogP) is 3.11. The molecule has 1 atom stereocenters. The van der Waals surface area contributed by atoms with Crippen molar-refractivity contribution in [3.63, 3.8) is 0 Å². The van der Waals surface area contributed by atoms with Crippen molar-refractivity contribution in [1.29, 1.82) is 0 Å². The molecule has 2 heterocycles. The number of carbonyl (C=O) groups is 2. The number of hydrogen-bond donors (Lipinski definition) is 0. The number of nitro benzene ring substituents is 1. The summed E-state index contributed by atoms with van der Waals surface area (Å²) in [6.45, 7) is 5.57. The number of nitro groups is 1. The van der Waals surface area contributed by atoms with E-state index in [4.69, 9.17) is 9.47 Å². The van der Waals surface area contributed by atoms with Gasteiger partial charge in [0.15, 0.2) is 0 Å². The zero-order valence-corrected chi connectivity index (χ0v) is 18.4. The van der Waals surface area contributed by atoms with Crippen LogP contribution in [0.15, 0.2) is 40.0 Å². The molecule has 1 aromatic carbocycles. The van der Waals surface area contributed by atoms with Crippen molar-refractivity contribution in [3.05, 3.63) is 45.0 Å². The van der Waals surface area contributed by atoms with Gasteiger partial charge in [-0.3, -0.25) is 10.1 Å². The number of ether oxygens (including phenoxy) is 2. The topological polar surface area (TPSA) is 115 Å². The quantitative estimate of drug-likeness (QED) is 0.362. The number of allylic oxidation sites excluding steroid dienone is 1. The van der Waals surface area contributed by atoms with E-state index in [2.05, 4.69) is 5.10 Å². The van der Waals surface area contributed by atoms with Gasteiger partial charge in [0.05, 0.1) is 23.8 Å². The number of nitrogens with zero attached hydrogens (tertiary/aromatic N) is 4. The maximum Gasteiger partial charge on any atom is 0.365 e. The molecule has 0 saturated carbocycles. The lowest BCUT2D eigenvalue weighted by Crippen LogP contribution is -2.47. The SMILES string of the molecule is CCOC(=O)C1=NN(c2cccc([N+](=O)[O-])c2)[C@@]2(S1)SC(C(=O)OCC)=C(C)N2C. The van der Waals surface area contributed by atoms with Crippen LogP contribution in [0.2, 0.25) is 0 Å². The summed E-state index contributed by atoms with van der Waals surface area (Å²) in [6.07, 6.45) is 0. The Morgan fingerprint density at radius 3 is 2.50 bits per heavy atom. The van der Waals surface area contributed by atoms with Crippen molar-refractivity contribution in [2.75, 3.05) is 25.3 Å². The normalized spacial score (nSPS) is 20.6. The number of hydrazone groups is 1. The molecule has 0 fully saturated rings. The fourth-order valence-corrected chi connectivity index (χ4v) is 5.75. The third-order valence-corrected chi connectivity index (χ3v) is 7.41. The summed E-state index contributed by atoms with van der Waals surface area (Å²) in [5.74, 6) is -1.08. The van der Waals surface area contributed by atoms with Crippen molar-refractivity contribution >= 4 is 51.9 Å². The lowest BCUT2D eigenvalue weighted by atomic mass is 10.3. The van der Waals surface area contributed by atoms with Crippen molar-refractivity contribution < 1.29 is 24.0 Å². The highest BCUT2D eigenvalue weighted by atomic mass is 32.2. The van der Waals surface area contributed by atoms with Crippen LogP contribution in [-0.4, -0.2) is 51.4 Å². The molecule has 12 heteroatoms. The fourth-order valence-electron chi connectivity index (χ4n) is 2.88. The number of rotatable bonds is 6. The second-order valence-electron chi connectivity index (χ2n) is 6.16. The van der Waals surface area contributed by atoms with E-state index in [1.807, 2.05) is 0 Å². The van der Waals surface area contributed by atoms with Gasteiger partial charge >= 0.3 is 11.9 Å². The first-order valence-electron chi connectivity index (χ1n) is 9.05.